The van der Waals surface area contributed by atoms with Crippen molar-refractivity contribution in [3.8, 4) is 0 Å². The minimum Gasteiger partial charge on any atom is -0.354 e. The van der Waals surface area contributed by atoms with Gasteiger partial charge in [0.2, 0.25) is 0 Å². The number of ketones is 1. The Hall–Kier alpha value is -3.65. The molecule has 2 heterocycles. The van der Waals surface area contributed by atoms with E-state index in [0.29, 0.717) is 28.5 Å². The van der Waals surface area contributed by atoms with Crippen LogP contribution in [0.3, 0.4) is 0 Å². The Morgan fingerprint density at radius 2 is 1.89 bits per heavy atom. The Labute approximate surface area is 207 Å². The van der Waals surface area contributed by atoms with Crippen molar-refractivity contribution < 1.29 is 18.8 Å². The first-order chi connectivity index (χ1) is 16.7. The van der Waals surface area contributed by atoms with Crippen molar-refractivity contribution in [2.45, 2.75) is 32.7 Å². The van der Waals surface area contributed by atoms with Crippen LogP contribution in [0.5, 0.6) is 0 Å². The van der Waals surface area contributed by atoms with E-state index in [2.05, 4.69) is 10.6 Å². The lowest BCUT2D eigenvalue weighted by molar-refractivity contribution is -0.117. The number of fused-ring (bicyclic) bond motifs is 1. The van der Waals surface area contributed by atoms with Gasteiger partial charge in [0, 0.05) is 35.9 Å². The summed E-state index contributed by atoms with van der Waals surface area (Å²) in [5, 5.41) is 5.84. The second-order valence-electron chi connectivity index (χ2n) is 8.54. The maximum absolute atomic E-state index is 14.1. The molecule has 0 unspecified atom stereocenters. The number of carbonyl (C=O) groups is 3. The standard InChI is InChI=1S/C26H26ClFN4O3/c1-15(33)14-32-23(25(34)29-3)13-21(24(32)16(2)19-12-18(28)8-9-20(19)27)30-26(35)31-11-10-17-6-4-5-7-22(17)31/h4-9,12-13,16H,10-11,14H2,1-3H3,(H,29,34)(H,30,35)/t16-/m0/s1. The van der Waals surface area contributed by atoms with Gasteiger partial charge < -0.3 is 15.2 Å². The molecule has 35 heavy (non-hydrogen) atoms. The molecule has 0 aliphatic carbocycles. The van der Waals surface area contributed by atoms with E-state index in [1.807, 2.05) is 24.3 Å². The number of nitrogens with one attached hydrogen (secondary N) is 2. The predicted octanol–water partition coefficient (Wildman–Crippen LogP) is 4.98. The lowest BCUT2D eigenvalue weighted by Crippen LogP contribution is -2.33. The molecule has 0 bridgehead atoms. The molecule has 7 nitrogen and oxygen atoms in total. The van der Waals surface area contributed by atoms with Gasteiger partial charge in [0.15, 0.2) is 0 Å². The van der Waals surface area contributed by atoms with Gasteiger partial charge in [0.1, 0.15) is 17.3 Å². The summed E-state index contributed by atoms with van der Waals surface area (Å²) in [5.41, 5.74) is 3.40. The monoisotopic (exact) mass is 496 g/mol. The van der Waals surface area contributed by atoms with Crippen molar-refractivity contribution in [2.75, 3.05) is 23.8 Å². The number of hydrogen-bond acceptors (Lipinski definition) is 3. The molecule has 3 aromatic rings. The zero-order chi connectivity index (χ0) is 25.3. The Morgan fingerprint density at radius 1 is 1.14 bits per heavy atom. The molecule has 2 aromatic carbocycles. The van der Waals surface area contributed by atoms with Crippen LogP contribution in [0.4, 0.5) is 20.6 Å². The molecular weight excluding hydrogens is 471 g/mol. The molecule has 1 aromatic heterocycles. The lowest BCUT2D eigenvalue weighted by Gasteiger charge is -2.22. The molecular formula is C26H26ClFN4O3. The SMILES string of the molecule is CNC(=O)c1cc(NC(=O)N2CCc3ccccc32)c([C@@H](C)c2cc(F)ccc2Cl)n1CC(C)=O. The van der Waals surface area contributed by atoms with Gasteiger partial charge in [-0.2, -0.15) is 0 Å². The number of rotatable bonds is 6. The van der Waals surface area contributed by atoms with Gasteiger partial charge in [0.05, 0.1) is 12.2 Å². The Balaban J connectivity index is 1.82. The minimum atomic E-state index is -0.544. The van der Waals surface area contributed by atoms with Crippen LogP contribution < -0.4 is 15.5 Å². The molecule has 0 saturated carbocycles. The van der Waals surface area contributed by atoms with Gasteiger partial charge >= 0.3 is 6.03 Å². The van der Waals surface area contributed by atoms with Crippen LogP contribution in [-0.4, -0.2) is 35.9 Å². The van der Waals surface area contributed by atoms with E-state index in [9.17, 15) is 18.8 Å². The van der Waals surface area contributed by atoms with E-state index in [-0.39, 0.29) is 24.1 Å². The van der Waals surface area contributed by atoms with Crippen molar-refractivity contribution in [3.63, 3.8) is 0 Å². The van der Waals surface area contributed by atoms with E-state index in [0.717, 1.165) is 17.7 Å². The molecule has 1 aliphatic rings. The maximum Gasteiger partial charge on any atom is 0.326 e. The smallest absolute Gasteiger partial charge is 0.326 e. The summed E-state index contributed by atoms with van der Waals surface area (Å²) >= 11 is 6.40. The first-order valence-corrected chi connectivity index (χ1v) is 11.6. The van der Waals surface area contributed by atoms with Gasteiger partial charge in [-0.15, -0.1) is 0 Å². The van der Waals surface area contributed by atoms with Crippen molar-refractivity contribution in [3.05, 3.63) is 81.9 Å². The highest BCUT2D eigenvalue weighted by Crippen LogP contribution is 2.37. The van der Waals surface area contributed by atoms with Gasteiger partial charge in [0.25, 0.3) is 5.91 Å². The van der Waals surface area contributed by atoms with E-state index in [4.69, 9.17) is 11.6 Å². The molecule has 4 rings (SSSR count). The zero-order valence-electron chi connectivity index (χ0n) is 19.7. The van der Waals surface area contributed by atoms with E-state index >= 15 is 0 Å². The summed E-state index contributed by atoms with van der Waals surface area (Å²) in [5.74, 6) is -1.61. The van der Waals surface area contributed by atoms with E-state index in [1.165, 1.54) is 32.2 Å². The Bertz CT molecular complexity index is 1320. The number of anilines is 2. The van der Waals surface area contributed by atoms with Gasteiger partial charge in [-0.05, 0) is 54.8 Å². The van der Waals surface area contributed by atoms with Crippen LogP contribution in [0.25, 0.3) is 0 Å². The molecule has 1 atom stereocenters. The fraction of sp³-hybridized carbons (Fsp3) is 0.269. The summed E-state index contributed by atoms with van der Waals surface area (Å²) in [4.78, 5) is 39.9. The summed E-state index contributed by atoms with van der Waals surface area (Å²) < 4.78 is 15.7. The molecule has 0 saturated heterocycles. The first-order valence-electron chi connectivity index (χ1n) is 11.3. The summed E-state index contributed by atoms with van der Waals surface area (Å²) in [6.45, 7) is 3.62. The van der Waals surface area contributed by atoms with Crippen molar-refractivity contribution >= 4 is 40.7 Å². The van der Waals surface area contributed by atoms with Crippen LogP contribution in [0.2, 0.25) is 5.02 Å². The largest absolute Gasteiger partial charge is 0.354 e. The number of urea groups is 1. The molecule has 182 valence electrons. The van der Waals surface area contributed by atoms with Crippen LogP contribution in [0.15, 0.2) is 48.5 Å². The highest BCUT2D eigenvalue weighted by atomic mass is 35.5. The highest BCUT2D eigenvalue weighted by molar-refractivity contribution is 6.31. The molecule has 0 radical (unpaired) electrons. The third kappa shape index (κ3) is 4.79. The van der Waals surface area contributed by atoms with Crippen LogP contribution in [0, 0.1) is 5.82 Å². The maximum atomic E-state index is 14.1. The number of carbonyl (C=O) groups excluding carboxylic acids is 3. The van der Waals surface area contributed by atoms with E-state index < -0.39 is 17.6 Å². The first kappa shape index (κ1) is 24.5. The predicted molar refractivity (Wildman–Crippen MR) is 134 cm³/mol. The topological polar surface area (TPSA) is 83.4 Å². The molecule has 9 heteroatoms. The molecule has 1 aliphatic heterocycles. The number of Topliss-reactive ketones (excluding diaryl/α,β-unsaturated/α-hetero) is 1. The number of nitrogens with zero attached hydrogens (tertiary/aromatic N) is 2. The normalized spacial score (nSPS) is 13.3. The van der Waals surface area contributed by atoms with Crippen LogP contribution in [0.1, 0.15) is 47.1 Å². The molecule has 2 N–H and O–H groups in total. The second kappa shape index (κ2) is 9.92. The zero-order valence-corrected chi connectivity index (χ0v) is 20.4. The summed E-state index contributed by atoms with van der Waals surface area (Å²) in [6.07, 6.45) is 0.737. The highest BCUT2D eigenvalue weighted by Gasteiger charge is 2.30. The number of benzene rings is 2. The summed E-state index contributed by atoms with van der Waals surface area (Å²) in [7, 11) is 1.49. The number of amides is 3. The minimum absolute atomic E-state index is 0.0994. The van der Waals surface area contributed by atoms with Crippen LogP contribution in [-0.2, 0) is 17.8 Å². The third-order valence-corrected chi connectivity index (χ3v) is 6.53. The number of aromatic nitrogens is 1. The molecule has 0 fully saturated rings. The lowest BCUT2D eigenvalue weighted by atomic mass is 9.96. The van der Waals surface area contributed by atoms with Gasteiger partial charge in [-0.3, -0.25) is 14.5 Å². The number of hydrogen-bond donors (Lipinski definition) is 2. The second-order valence-corrected chi connectivity index (χ2v) is 8.95. The summed E-state index contributed by atoms with van der Waals surface area (Å²) in [6, 6.07) is 12.9. The average Bonchev–Trinajstić information content (AvgIpc) is 3.41. The number of para-hydroxylation sites is 1. The van der Waals surface area contributed by atoms with Crippen LogP contribution >= 0.6 is 11.6 Å². The molecule has 3 amide bonds. The van der Waals surface area contributed by atoms with Crippen molar-refractivity contribution in [2.24, 2.45) is 0 Å². The third-order valence-electron chi connectivity index (χ3n) is 6.19. The van der Waals surface area contributed by atoms with Gasteiger partial charge in [-0.25, -0.2) is 9.18 Å². The Kier molecular flexibility index (Phi) is 6.93. The van der Waals surface area contributed by atoms with E-state index in [1.54, 1.807) is 22.5 Å². The Morgan fingerprint density at radius 3 is 2.60 bits per heavy atom. The molecule has 0 spiro atoms. The van der Waals surface area contributed by atoms with Gasteiger partial charge in [-0.1, -0.05) is 36.7 Å². The van der Waals surface area contributed by atoms with Crippen molar-refractivity contribution in [1.29, 1.82) is 0 Å². The quantitative estimate of drug-likeness (QED) is 0.505. The number of halogens is 2. The fourth-order valence-corrected chi connectivity index (χ4v) is 4.85. The van der Waals surface area contributed by atoms with Crippen molar-refractivity contribution in [1.82, 2.24) is 9.88 Å². The average molecular weight is 497 g/mol. The fourth-order valence-electron chi connectivity index (χ4n) is 4.57.